The van der Waals surface area contributed by atoms with E-state index in [4.69, 9.17) is 0 Å². The third-order valence-electron chi connectivity index (χ3n) is 3.11. The summed E-state index contributed by atoms with van der Waals surface area (Å²) in [5, 5.41) is 2.66. The number of hydrogen-bond donors (Lipinski definition) is 0. The third kappa shape index (κ3) is 1.86. The van der Waals surface area contributed by atoms with Crippen LogP contribution in [0.4, 0.5) is 0 Å². The fraction of sp³-hybridized carbons (Fsp3) is 0.200. The van der Waals surface area contributed by atoms with Gasteiger partial charge in [-0.25, -0.2) is 0 Å². The Balaban J connectivity index is 1.87. The minimum atomic E-state index is 1.05. The Morgan fingerprint density at radius 3 is 2.44 bits per heavy atom. The normalized spacial score (nSPS) is 16.0. The van der Waals surface area contributed by atoms with Crippen LogP contribution in [-0.2, 0) is 6.54 Å². The first-order valence-electron chi connectivity index (χ1n) is 5.77. The van der Waals surface area contributed by atoms with Crippen molar-refractivity contribution in [2.24, 2.45) is 0 Å². The maximum Gasteiger partial charge on any atom is 0.0240 e. The molecular weight excluding hydrogens is 194 g/mol. The molecule has 0 bridgehead atoms. The van der Waals surface area contributed by atoms with Gasteiger partial charge in [0.15, 0.2) is 0 Å². The van der Waals surface area contributed by atoms with Gasteiger partial charge in [0, 0.05) is 19.6 Å². The standard InChI is InChI=1S/C15H15N/c1-2-6-15-11-13(7-8-14(15)5-1)12-16-9-3-4-10-16/h1-8,11H,9-10,12H2. The zero-order chi connectivity index (χ0) is 10.8. The van der Waals surface area contributed by atoms with E-state index in [-0.39, 0.29) is 0 Å². The minimum absolute atomic E-state index is 1.05. The first-order valence-corrected chi connectivity index (χ1v) is 5.77. The van der Waals surface area contributed by atoms with E-state index in [9.17, 15) is 0 Å². The fourth-order valence-corrected chi connectivity index (χ4v) is 2.25. The molecule has 16 heavy (non-hydrogen) atoms. The van der Waals surface area contributed by atoms with Crippen molar-refractivity contribution in [1.82, 2.24) is 4.90 Å². The lowest BCUT2D eigenvalue weighted by molar-refractivity contribution is 0.345. The van der Waals surface area contributed by atoms with E-state index < -0.39 is 0 Å². The maximum absolute atomic E-state index is 2.43. The van der Waals surface area contributed by atoms with Gasteiger partial charge in [-0.1, -0.05) is 48.6 Å². The zero-order valence-electron chi connectivity index (χ0n) is 9.26. The Labute approximate surface area is 96.0 Å². The topological polar surface area (TPSA) is 3.24 Å². The molecular formula is C15H15N. The molecule has 2 aromatic rings. The number of benzene rings is 2. The smallest absolute Gasteiger partial charge is 0.0240 e. The summed E-state index contributed by atoms with van der Waals surface area (Å²) in [6.07, 6.45) is 4.47. The molecule has 0 spiro atoms. The predicted molar refractivity (Wildman–Crippen MR) is 68.4 cm³/mol. The quantitative estimate of drug-likeness (QED) is 0.686. The highest BCUT2D eigenvalue weighted by Gasteiger charge is 2.06. The Bertz CT molecular complexity index is 520. The highest BCUT2D eigenvalue weighted by atomic mass is 15.1. The van der Waals surface area contributed by atoms with Crippen molar-refractivity contribution in [2.45, 2.75) is 6.54 Å². The fourth-order valence-electron chi connectivity index (χ4n) is 2.25. The first-order chi connectivity index (χ1) is 7.92. The van der Waals surface area contributed by atoms with Crippen molar-refractivity contribution < 1.29 is 0 Å². The van der Waals surface area contributed by atoms with E-state index in [0.717, 1.165) is 19.6 Å². The molecule has 1 heteroatoms. The van der Waals surface area contributed by atoms with Gasteiger partial charge in [-0.2, -0.15) is 0 Å². The van der Waals surface area contributed by atoms with Crippen molar-refractivity contribution in [2.75, 3.05) is 13.1 Å². The Morgan fingerprint density at radius 1 is 0.875 bits per heavy atom. The van der Waals surface area contributed by atoms with E-state index >= 15 is 0 Å². The van der Waals surface area contributed by atoms with Gasteiger partial charge >= 0.3 is 0 Å². The lowest BCUT2D eigenvalue weighted by atomic mass is 10.1. The maximum atomic E-state index is 2.43. The molecule has 2 aromatic carbocycles. The van der Waals surface area contributed by atoms with Crippen LogP contribution in [0.2, 0.25) is 0 Å². The van der Waals surface area contributed by atoms with E-state index in [2.05, 4.69) is 59.5 Å². The Morgan fingerprint density at radius 2 is 1.62 bits per heavy atom. The molecule has 1 heterocycles. The number of nitrogens with zero attached hydrogens (tertiary/aromatic N) is 1. The Kier molecular flexibility index (Phi) is 2.47. The average Bonchev–Trinajstić information content (AvgIpc) is 2.82. The second kappa shape index (κ2) is 4.11. The summed E-state index contributed by atoms with van der Waals surface area (Å²) >= 11 is 0. The summed E-state index contributed by atoms with van der Waals surface area (Å²) in [4.78, 5) is 2.43. The summed E-state index contributed by atoms with van der Waals surface area (Å²) in [6.45, 7) is 3.23. The molecule has 1 aliphatic heterocycles. The van der Waals surface area contributed by atoms with Crippen molar-refractivity contribution >= 4 is 10.8 Å². The average molecular weight is 209 g/mol. The second-order valence-corrected chi connectivity index (χ2v) is 4.35. The minimum Gasteiger partial charge on any atom is -0.292 e. The molecule has 0 saturated carbocycles. The molecule has 80 valence electrons. The molecule has 0 aromatic heterocycles. The molecule has 0 radical (unpaired) electrons. The third-order valence-corrected chi connectivity index (χ3v) is 3.11. The largest absolute Gasteiger partial charge is 0.292 e. The van der Waals surface area contributed by atoms with Gasteiger partial charge in [-0.3, -0.25) is 4.90 Å². The van der Waals surface area contributed by atoms with E-state index in [0.29, 0.717) is 0 Å². The van der Waals surface area contributed by atoms with Crippen molar-refractivity contribution in [3.63, 3.8) is 0 Å². The van der Waals surface area contributed by atoms with Crippen LogP contribution in [0.15, 0.2) is 54.6 Å². The van der Waals surface area contributed by atoms with Crippen LogP contribution >= 0.6 is 0 Å². The molecule has 0 fully saturated rings. The number of rotatable bonds is 2. The SMILES string of the molecule is C1=CCN(Cc2ccc3ccccc3c2)C1. The molecule has 0 unspecified atom stereocenters. The molecule has 0 atom stereocenters. The predicted octanol–water partition coefficient (Wildman–Crippen LogP) is 3.21. The van der Waals surface area contributed by atoms with Crippen LogP contribution in [0.5, 0.6) is 0 Å². The van der Waals surface area contributed by atoms with Gasteiger partial charge in [-0.15, -0.1) is 0 Å². The Hall–Kier alpha value is -1.60. The van der Waals surface area contributed by atoms with Gasteiger partial charge in [0.05, 0.1) is 0 Å². The van der Waals surface area contributed by atoms with Crippen molar-refractivity contribution in [3.05, 3.63) is 60.2 Å². The van der Waals surface area contributed by atoms with Gasteiger partial charge in [0.25, 0.3) is 0 Å². The van der Waals surface area contributed by atoms with Crippen LogP contribution in [0.25, 0.3) is 10.8 Å². The second-order valence-electron chi connectivity index (χ2n) is 4.35. The summed E-state index contributed by atoms with van der Waals surface area (Å²) < 4.78 is 0. The highest BCUT2D eigenvalue weighted by Crippen LogP contribution is 2.17. The van der Waals surface area contributed by atoms with Gasteiger partial charge in [0.1, 0.15) is 0 Å². The zero-order valence-corrected chi connectivity index (χ0v) is 9.26. The molecule has 1 nitrogen and oxygen atoms in total. The summed E-state index contributed by atoms with van der Waals surface area (Å²) in [6, 6.07) is 15.3. The van der Waals surface area contributed by atoms with E-state index in [1.807, 2.05) is 0 Å². The number of hydrogen-bond acceptors (Lipinski definition) is 1. The summed E-state index contributed by atoms with van der Waals surface area (Å²) in [5.41, 5.74) is 1.41. The van der Waals surface area contributed by atoms with Crippen LogP contribution < -0.4 is 0 Å². The molecule has 1 aliphatic rings. The van der Waals surface area contributed by atoms with Gasteiger partial charge in [-0.05, 0) is 22.4 Å². The lowest BCUT2D eigenvalue weighted by Gasteiger charge is -2.14. The molecule has 0 N–H and O–H groups in total. The lowest BCUT2D eigenvalue weighted by Crippen LogP contribution is -2.18. The highest BCUT2D eigenvalue weighted by molar-refractivity contribution is 5.82. The molecule has 3 rings (SSSR count). The number of fused-ring (bicyclic) bond motifs is 1. The molecule has 0 amide bonds. The van der Waals surface area contributed by atoms with Gasteiger partial charge in [0.2, 0.25) is 0 Å². The first kappa shape index (κ1) is 9.61. The van der Waals surface area contributed by atoms with Crippen LogP contribution in [0.1, 0.15) is 5.56 Å². The molecule has 0 saturated heterocycles. The van der Waals surface area contributed by atoms with Crippen molar-refractivity contribution in [1.29, 1.82) is 0 Å². The van der Waals surface area contributed by atoms with Gasteiger partial charge < -0.3 is 0 Å². The van der Waals surface area contributed by atoms with Crippen molar-refractivity contribution in [3.8, 4) is 0 Å². The van der Waals surface area contributed by atoms with Crippen LogP contribution in [0, 0.1) is 0 Å². The van der Waals surface area contributed by atoms with E-state index in [1.54, 1.807) is 0 Å². The summed E-state index contributed by atoms with van der Waals surface area (Å²) in [7, 11) is 0. The summed E-state index contributed by atoms with van der Waals surface area (Å²) in [5.74, 6) is 0. The molecule has 0 aliphatic carbocycles. The van der Waals surface area contributed by atoms with Crippen LogP contribution in [-0.4, -0.2) is 18.0 Å². The van der Waals surface area contributed by atoms with E-state index in [1.165, 1.54) is 16.3 Å². The monoisotopic (exact) mass is 209 g/mol. The van der Waals surface area contributed by atoms with Crippen LogP contribution in [0.3, 0.4) is 0 Å².